The summed E-state index contributed by atoms with van der Waals surface area (Å²) in [6.07, 6.45) is 52.2. The zero-order valence-corrected chi connectivity index (χ0v) is 39.8. The Labute approximate surface area is 368 Å². The first-order valence-electron chi connectivity index (χ1n) is 23.6. The van der Waals surface area contributed by atoms with Crippen LogP contribution in [0.3, 0.4) is 0 Å². The Hall–Kier alpha value is -2.55. The summed E-state index contributed by atoms with van der Waals surface area (Å²) in [4.78, 5) is 37.6. The fourth-order valence-corrected chi connectivity index (χ4v) is 6.70. The van der Waals surface area contributed by atoms with E-state index in [1.165, 1.54) is 83.5 Å². The van der Waals surface area contributed by atoms with Crippen LogP contribution in [0.2, 0.25) is 0 Å². The maximum atomic E-state index is 12.7. The lowest BCUT2D eigenvalue weighted by Crippen LogP contribution is -2.37. The lowest BCUT2D eigenvalue weighted by atomic mass is 10.1. The van der Waals surface area contributed by atoms with Crippen LogP contribution in [0, 0.1) is 0 Å². The highest BCUT2D eigenvalue weighted by atomic mass is 31.2. The molecule has 0 fully saturated rings. The number of hydrogen-bond donors (Lipinski definition) is 0. The molecule has 0 bridgehead atoms. The van der Waals surface area contributed by atoms with Crippen molar-refractivity contribution in [3.8, 4) is 0 Å². The van der Waals surface area contributed by atoms with Gasteiger partial charge in [-0.1, -0.05) is 157 Å². The molecule has 0 saturated heterocycles. The van der Waals surface area contributed by atoms with E-state index in [-0.39, 0.29) is 26.1 Å². The molecule has 0 rings (SSSR count). The number of nitrogens with zero attached hydrogens (tertiary/aromatic N) is 1. The molecule has 0 heterocycles. The number of esters is 2. The predicted molar refractivity (Wildman–Crippen MR) is 249 cm³/mol. The van der Waals surface area contributed by atoms with E-state index in [2.05, 4.69) is 86.8 Å². The Morgan fingerprint density at radius 1 is 0.517 bits per heavy atom. The van der Waals surface area contributed by atoms with Gasteiger partial charge in [0.1, 0.15) is 19.8 Å². The minimum Gasteiger partial charge on any atom is -0.756 e. The zero-order valence-electron chi connectivity index (χ0n) is 38.9. The van der Waals surface area contributed by atoms with Gasteiger partial charge in [-0.2, -0.15) is 0 Å². The Balaban J connectivity index is 4.45. The smallest absolute Gasteiger partial charge is 0.306 e. The fraction of sp³-hybridized carbons (Fsp3) is 0.720. The molecule has 9 nitrogen and oxygen atoms in total. The van der Waals surface area contributed by atoms with E-state index in [1.54, 1.807) is 0 Å². The van der Waals surface area contributed by atoms with Gasteiger partial charge in [0.2, 0.25) is 0 Å². The Morgan fingerprint density at radius 3 is 1.42 bits per heavy atom. The number of allylic oxidation sites excluding steroid dienone is 12. The van der Waals surface area contributed by atoms with Crippen molar-refractivity contribution in [2.45, 2.75) is 187 Å². The quantitative estimate of drug-likeness (QED) is 0.0196. The summed E-state index contributed by atoms with van der Waals surface area (Å²) in [7, 11) is 1.11. The third kappa shape index (κ3) is 45.0. The Kier molecular flexibility index (Phi) is 40.0. The number of phosphoric ester groups is 1. The highest BCUT2D eigenvalue weighted by molar-refractivity contribution is 7.45. The minimum atomic E-state index is -4.65. The van der Waals surface area contributed by atoms with Gasteiger partial charge in [0.15, 0.2) is 6.10 Å². The second kappa shape index (κ2) is 41.8. The zero-order chi connectivity index (χ0) is 44.3. The average molecular weight is 862 g/mol. The molecular weight excluding hydrogens is 774 g/mol. The Morgan fingerprint density at radius 2 is 0.917 bits per heavy atom. The van der Waals surface area contributed by atoms with Gasteiger partial charge in [0.25, 0.3) is 7.82 Å². The van der Waals surface area contributed by atoms with Gasteiger partial charge in [0, 0.05) is 12.8 Å². The van der Waals surface area contributed by atoms with E-state index < -0.39 is 32.5 Å². The molecule has 0 N–H and O–H groups in total. The summed E-state index contributed by atoms with van der Waals surface area (Å²) in [5.74, 6) is -0.928. The van der Waals surface area contributed by atoms with Gasteiger partial charge in [-0.25, -0.2) is 0 Å². The van der Waals surface area contributed by atoms with Crippen molar-refractivity contribution in [2.75, 3.05) is 47.5 Å². The third-order valence-electron chi connectivity index (χ3n) is 9.70. The van der Waals surface area contributed by atoms with E-state index >= 15 is 0 Å². The van der Waals surface area contributed by atoms with Crippen LogP contribution >= 0.6 is 7.82 Å². The molecule has 0 radical (unpaired) electrons. The van der Waals surface area contributed by atoms with Crippen LogP contribution in [-0.2, 0) is 32.7 Å². The molecule has 0 aromatic heterocycles. The van der Waals surface area contributed by atoms with E-state index in [0.717, 1.165) is 57.8 Å². The number of quaternary nitrogens is 1. The lowest BCUT2D eigenvalue weighted by molar-refractivity contribution is -0.870. The molecule has 0 aromatic carbocycles. The molecule has 1 unspecified atom stereocenters. The van der Waals surface area contributed by atoms with Crippen molar-refractivity contribution in [1.82, 2.24) is 0 Å². The normalized spacial score (nSPS) is 14.2. The van der Waals surface area contributed by atoms with Crippen LogP contribution in [-0.4, -0.2) is 70.0 Å². The summed E-state index contributed by atoms with van der Waals surface area (Å²) in [5, 5.41) is 0. The van der Waals surface area contributed by atoms with Crippen LogP contribution in [0.1, 0.15) is 181 Å². The van der Waals surface area contributed by atoms with Crippen LogP contribution in [0.4, 0.5) is 0 Å². The van der Waals surface area contributed by atoms with Crippen molar-refractivity contribution in [1.29, 1.82) is 0 Å². The minimum absolute atomic E-state index is 0.0469. The number of ether oxygens (including phenoxy) is 2. The van der Waals surface area contributed by atoms with Gasteiger partial charge >= 0.3 is 11.9 Å². The summed E-state index contributed by atoms with van der Waals surface area (Å²) in [5.41, 5.74) is 0. The number of rotatable bonds is 42. The van der Waals surface area contributed by atoms with Crippen molar-refractivity contribution in [3.05, 3.63) is 72.9 Å². The van der Waals surface area contributed by atoms with Crippen LogP contribution in [0.15, 0.2) is 72.9 Å². The highest BCUT2D eigenvalue weighted by Gasteiger charge is 2.21. The van der Waals surface area contributed by atoms with E-state index in [4.69, 9.17) is 18.5 Å². The summed E-state index contributed by atoms with van der Waals surface area (Å²) < 4.78 is 33.9. The molecule has 0 aliphatic carbocycles. The molecule has 60 heavy (non-hydrogen) atoms. The molecule has 346 valence electrons. The fourth-order valence-electron chi connectivity index (χ4n) is 5.97. The first kappa shape index (κ1) is 57.4. The first-order chi connectivity index (χ1) is 29.0. The van der Waals surface area contributed by atoms with Gasteiger partial charge in [-0.05, 0) is 83.5 Å². The summed E-state index contributed by atoms with van der Waals surface area (Å²) in [6.45, 7) is 4.11. The van der Waals surface area contributed by atoms with Gasteiger partial charge in [-0.15, -0.1) is 0 Å². The van der Waals surface area contributed by atoms with E-state index in [1.807, 2.05) is 21.1 Å². The molecule has 0 aliphatic rings. The van der Waals surface area contributed by atoms with E-state index in [9.17, 15) is 19.0 Å². The number of likely N-dealkylation sites (N-methyl/N-ethyl adjacent to an activating group) is 1. The number of carbonyl (C=O) groups is 2. The highest BCUT2D eigenvalue weighted by Crippen LogP contribution is 2.38. The average Bonchev–Trinajstić information content (AvgIpc) is 3.20. The van der Waals surface area contributed by atoms with Crippen LogP contribution < -0.4 is 4.89 Å². The molecule has 10 heteroatoms. The second-order valence-corrected chi connectivity index (χ2v) is 18.2. The molecule has 0 saturated carbocycles. The van der Waals surface area contributed by atoms with Crippen molar-refractivity contribution >= 4 is 19.8 Å². The molecule has 0 aliphatic heterocycles. The van der Waals surface area contributed by atoms with Crippen molar-refractivity contribution in [3.63, 3.8) is 0 Å². The molecule has 0 aromatic rings. The van der Waals surface area contributed by atoms with Crippen molar-refractivity contribution < 1.29 is 42.1 Å². The summed E-state index contributed by atoms with van der Waals surface area (Å²) >= 11 is 0. The largest absolute Gasteiger partial charge is 0.756 e. The number of unbranched alkanes of at least 4 members (excludes halogenated alkanes) is 16. The van der Waals surface area contributed by atoms with Gasteiger partial charge in [-0.3, -0.25) is 14.2 Å². The number of carbonyl (C=O) groups excluding carboxylic acids is 2. The van der Waals surface area contributed by atoms with Crippen molar-refractivity contribution in [2.24, 2.45) is 0 Å². The number of hydrogen-bond acceptors (Lipinski definition) is 8. The first-order valence-corrected chi connectivity index (χ1v) is 25.1. The third-order valence-corrected chi connectivity index (χ3v) is 10.7. The maximum Gasteiger partial charge on any atom is 0.306 e. The lowest BCUT2D eigenvalue weighted by Gasteiger charge is -2.28. The topological polar surface area (TPSA) is 111 Å². The van der Waals surface area contributed by atoms with Gasteiger partial charge in [0.05, 0.1) is 27.7 Å². The second-order valence-electron chi connectivity index (χ2n) is 16.8. The number of phosphoric acid groups is 1. The molecule has 2 atom stereocenters. The standard InChI is InChI=1S/C50H88NO8P/c1-6-8-10-12-14-16-18-20-22-24-25-27-28-30-32-34-36-38-40-42-49(52)56-46-48(47-58-60(54,55)57-45-44-51(3,4)5)59-50(53)43-41-39-37-35-33-31-29-26-23-21-19-17-15-13-11-9-7-2/h14,16,20,22,25,27,29-32,35,37,48H,6-13,15,17-19,21,23-24,26,28,33-34,36,38-47H2,1-5H3/b16-14+,22-20+,27-25+,31-29+,32-30+,37-35+/t48-/m1/s1. The van der Waals surface area contributed by atoms with Crippen LogP contribution in [0.25, 0.3) is 0 Å². The van der Waals surface area contributed by atoms with E-state index in [0.29, 0.717) is 23.9 Å². The Bertz CT molecular complexity index is 1250. The van der Waals surface area contributed by atoms with Crippen LogP contribution in [0.5, 0.6) is 0 Å². The SMILES string of the molecule is CCCCC/C=C/C/C=C/C/C=C/C/C=C/CCCCCC(=O)OC[C@H](COP(=O)([O-])OCC[N+](C)(C)C)OC(=O)CCC/C=C/C/C=C/CCCCCCCCCCC. The predicted octanol–water partition coefficient (Wildman–Crippen LogP) is 13.2. The van der Waals surface area contributed by atoms with Gasteiger partial charge < -0.3 is 27.9 Å². The monoisotopic (exact) mass is 862 g/mol. The molecule has 0 amide bonds. The summed E-state index contributed by atoms with van der Waals surface area (Å²) in [6, 6.07) is 0. The molecular formula is C50H88NO8P. The molecule has 0 spiro atoms. The maximum absolute atomic E-state index is 12.7.